The Hall–Kier alpha value is -1.94. The van der Waals surface area contributed by atoms with Gasteiger partial charge >= 0.3 is 0 Å². The lowest BCUT2D eigenvalue weighted by Crippen LogP contribution is -2.31. The number of halogens is 2. The Balaban J connectivity index is 1.82. The van der Waals surface area contributed by atoms with Gasteiger partial charge in [0.1, 0.15) is 11.6 Å². The van der Waals surface area contributed by atoms with E-state index in [9.17, 15) is 8.78 Å². The van der Waals surface area contributed by atoms with Crippen molar-refractivity contribution >= 4 is 5.69 Å². The maximum Gasteiger partial charge on any atom is 0.130 e. The molecule has 2 aromatic carbocycles. The van der Waals surface area contributed by atoms with Gasteiger partial charge in [0.25, 0.3) is 0 Å². The van der Waals surface area contributed by atoms with E-state index < -0.39 is 17.7 Å². The Morgan fingerprint density at radius 3 is 2.50 bits per heavy atom. The summed E-state index contributed by atoms with van der Waals surface area (Å²) in [5.41, 5.74) is 8.35. The Labute approximate surface area is 116 Å². The summed E-state index contributed by atoms with van der Waals surface area (Å²) in [6.07, 6.45) is 0.947. The van der Waals surface area contributed by atoms with Gasteiger partial charge in [-0.25, -0.2) is 8.78 Å². The minimum Gasteiger partial charge on any atom is -0.369 e. The number of hydrogen-bond donors (Lipinski definition) is 1. The monoisotopic (exact) mass is 274 g/mol. The minimum absolute atomic E-state index is 0.0307. The molecule has 0 radical (unpaired) electrons. The molecule has 1 aliphatic heterocycles. The first-order valence-electron chi connectivity index (χ1n) is 6.69. The third-order valence-corrected chi connectivity index (χ3v) is 3.77. The van der Waals surface area contributed by atoms with Crippen LogP contribution in [0.25, 0.3) is 0 Å². The molecule has 3 rings (SSSR count). The van der Waals surface area contributed by atoms with E-state index in [0.717, 1.165) is 18.7 Å². The molecular formula is C16H16F2N2. The molecule has 0 amide bonds. The van der Waals surface area contributed by atoms with Gasteiger partial charge in [0.15, 0.2) is 0 Å². The Bertz CT molecular complexity index is 607. The lowest BCUT2D eigenvalue weighted by atomic mass is 10.1. The van der Waals surface area contributed by atoms with Gasteiger partial charge in [-0.3, -0.25) is 0 Å². The lowest BCUT2D eigenvalue weighted by molar-refractivity contribution is 0.523. The fourth-order valence-electron chi connectivity index (χ4n) is 2.79. The zero-order chi connectivity index (χ0) is 14.1. The molecule has 1 unspecified atom stereocenters. The summed E-state index contributed by atoms with van der Waals surface area (Å²) in [6, 6.07) is 11.2. The summed E-state index contributed by atoms with van der Waals surface area (Å²) in [5, 5.41) is 0. The molecule has 2 aromatic rings. The van der Waals surface area contributed by atoms with Gasteiger partial charge in [0, 0.05) is 24.3 Å². The first kappa shape index (κ1) is 13.1. The van der Waals surface area contributed by atoms with Crippen LogP contribution in [0.4, 0.5) is 14.5 Å². The van der Waals surface area contributed by atoms with Crippen molar-refractivity contribution in [2.45, 2.75) is 12.5 Å². The third kappa shape index (κ3) is 2.27. The summed E-state index contributed by atoms with van der Waals surface area (Å²) in [6.45, 7) is 1.25. The maximum atomic E-state index is 13.7. The average molecular weight is 274 g/mol. The van der Waals surface area contributed by atoms with E-state index in [1.54, 1.807) is 0 Å². The summed E-state index contributed by atoms with van der Waals surface area (Å²) in [5.74, 6) is -1.16. The Kier molecular flexibility index (Phi) is 3.40. The molecule has 2 nitrogen and oxygen atoms in total. The molecule has 0 bridgehead atoms. The van der Waals surface area contributed by atoms with Crippen molar-refractivity contribution in [3.63, 3.8) is 0 Å². The molecule has 0 aromatic heterocycles. The molecule has 104 valence electrons. The van der Waals surface area contributed by atoms with E-state index in [2.05, 4.69) is 11.0 Å². The Morgan fingerprint density at radius 1 is 1.05 bits per heavy atom. The number of anilines is 1. The van der Waals surface area contributed by atoms with Gasteiger partial charge < -0.3 is 10.6 Å². The summed E-state index contributed by atoms with van der Waals surface area (Å²) < 4.78 is 27.5. The molecule has 1 aliphatic rings. The zero-order valence-electron chi connectivity index (χ0n) is 11.0. The highest BCUT2D eigenvalue weighted by Crippen LogP contribution is 2.29. The molecule has 1 heterocycles. The van der Waals surface area contributed by atoms with Crippen molar-refractivity contribution < 1.29 is 8.78 Å². The predicted octanol–water partition coefficient (Wildman–Crippen LogP) is 3.03. The van der Waals surface area contributed by atoms with Gasteiger partial charge in [-0.2, -0.15) is 0 Å². The summed E-state index contributed by atoms with van der Waals surface area (Å²) >= 11 is 0. The number of nitrogens with zero attached hydrogens (tertiary/aromatic N) is 1. The normalized spacial score (nSPS) is 15.2. The lowest BCUT2D eigenvalue weighted by Gasteiger charge is -2.24. The smallest absolute Gasteiger partial charge is 0.130 e. The highest BCUT2D eigenvalue weighted by Gasteiger charge is 2.23. The topological polar surface area (TPSA) is 29.3 Å². The van der Waals surface area contributed by atoms with E-state index in [1.165, 1.54) is 23.8 Å². The predicted molar refractivity (Wildman–Crippen MR) is 75.6 cm³/mol. The van der Waals surface area contributed by atoms with Gasteiger partial charge in [-0.15, -0.1) is 0 Å². The second-order valence-electron chi connectivity index (χ2n) is 5.07. The first-order chi connectivity index (χ1) is 9.66. The molecule has 0 fully saturated rings. The van der Waals surface area contributed by atoms with Crippen LogP contribution in [0.5, 0.6) is 0 Å². The largest absolute Gasteiger partial charge is 0.369 e. The van der Waals surface area contributed by atoms with Crippen molar-refractivity contribution in [3.05, 3.63) is 65.2 Å². The number of hydrogen-bond acceptors (Lipinski definition) is 2. The fourth-order valence-corrected chi connectivity index (χ4v) is 2.79. The molecule has 20 heavy (non-hydrogen) atoms. The second-order valence-corrected chi connectivity index (χ2v) is 5.07. The SMILES string of the molecule is NC(CN1CCc2ccccc21)c1c(F)cccc1F. The highest BCUT2D eigenvalue weighted by atomic mass is 19.1. The van der Waals surface area contributed by atoms with Crippen molar-refractivity contribution in [2.75, 3.05) is 18.0 Å². The van der Waals surface area contributed by atoms with Gasteiger partial charge in [-0.05, 0) is 30.2 Å². The highest BCUT2D eigenvalue weighted by molar-refractivity contribution is 5.58. The van der Waals surface area contributed by atoms with Gasteiger partial charge in [-0.1, -0.05) is 24.3 Å². The number of fused-ring (bicyclic) bond motifs is 1. The molecule has 4 heteroatoms. The molecule has 0 spiro atoms. The van der Waals surface area contributed by atoms with E-state index in [0.29, 0.717) is 6.54 Å². The number of para-hydroxylation sites is 1. The van der Waals surface area contributed by atoms with E-state index in [-0.39, 0.29) is 5.56 Å². The van der Waals surface area contributed by atoms with Gasteiger partial charge in [0.2, 0.25) is 0 Å². The van der Waals surface area contributed by atoms with Crippen molar-refractivity contribution in [1.82, 2.24) is 0 Å². The van der Waals surface area contributed by atoms with Crippen LogP contribution in [-0.4, -0.2) is 13.1 Å². The molecular weight excluding hydrogens is 258 g/mol. The van der Waals surface area contributed by atoms with Crippen LogP contribution in [0.2, 0.25) is 0 Å². The van der Waals surface area contributed by atoms with Crippen LogP contribution >= 0.6 is 0 Å². The molecule has 0 saturated carbocycles. The number of rotatable bonds is 3. The van der Waals surface area contributed by atoms with Crippen molar-refractivity contribution in [3.8, 4) is 0 Å². The quantitative estimate of drug-likeness (QED) is 0.932. The van der Waals surface area contributed by atoms with Crippen molar-refractivity contribution in [2.24, 2.45) is 5.73 Å². The standard InChI is InChI=1S/C16H16F2N2/c17-12-5-3-6-13(18)16(12)14(19)10-20-9-8-11-4-1-2-7-15(11)20/h1-7,14H,8-10,19H2. The van der Waals surface area contributed by atoms with Crippen LogP contribution in [0, 0.1) is 11.6 Å². The van der Waals surface area contributed by atoms with Crippen LogP contribution in [-0.2, 0) is 6.42 Å². The van der Waals surface area contributed by atoms with Crippen LogP contribution < -0.4 is 10.6 Å². The third-order valence-electron chi connectivity index (χ3n) is 3.77. The second kappa shape index (κ2) is 5.21. The number of benzene rings is 2. The minimum atomic E-state index is -0.678. The molecule has 0 saturated heterocycles. The van der Waals surface area contributed by atoms with Crippen LogP contribution in [0.3, 0.4) is 0 Å². The maximum absolute atomic E-state index is 13.7. The zero-order valence-corrected chi connectivity index (χ0v) is 11.0. The first-order valence-corrected chi connectivity index (χ1v) is 6.69. The fraction of sp³-hybridized carbons (Fsp3) is 0.250. The van der Waals surface area contributed by atoms with E-state index in [4.69, 9.17) is 5.73 Å². The van der Waals surface area contributed by atoms with Crippen LogP contribution in [0.15, 0.2) is 42.5 Å². The summed E-state index contributed by atoms with van der Waals surface area (Å²) in [7, 11) is 0. The van der Waals surface area contributed by atoms with Crippen molar-refractivity contribution in [1.29, 1.82) is 0 Å². The molecule has 1 atom stereocenters. The van der Waals surface area contributed by atoms with Crippen LogP contribution in [0.1, 0.15) is 17.2 Å². The van der Waals surface area contributed by atoms with Gasteiger partial charge in [0.05, 0.1) is 6.04 Å². The number of nitrogens with two attached hydrogens (primary N) is 1. The average Bonchev–Trinajstić information content (AvgIpc) is 2.82. The molecule has 2 N–H and O–H groups in total. The molecule has 0 aliphatic carbocycles. The summed E-state index contributed by atoms with van der Waals surface area (Å²) in [4.78, 5) is 2.09. The Morgan fingerprint density at radius 2 is 1.75 bits per heavy atom. The van der Waals surface area contributed by atoms with E-state index in [1.807, 2.05) is 18.2 Å². The van der Waals surface area contributed by atoms with E-state index >= 15 is 0 Å².